The SMILES string of the molecule is CCCCCCCCCCCCCCCCCCCCCCCCC(O)C(CO)NC(=O)C(O)CCCCCCCCCCCCCCCCCCC. The van der Waals surface area contributed by atoms with Crippen LogP contribution in [0, 0.1) is 0 Å². The van der Waals surface area contributed by atoms with Crippen LogP contribution in [0.15, 0.2) is 0 Å². The summed E-state index contributed by atoms with van der Waals surface area (Å²) in [6, 6.07) is -0.706. The van der Waals surface area contributed by atoms with Crippen LogP contribution in [0.3, 0.4) is 0 Å². The van der Waals surface area contributed by atoms with Crippen LogP contribution in [0.4, 0.5) is 0 Å². The van der Waals surface area contributed by atoms with Gasteiger partial charge in [-0.05, 0) is 12.8 Å². The molecule has 53 heavy (non-hydrogen) atoms. The minimum atomic E-state index is -1.07. The highest BCUT2D eigenvalue weighted by Gasteiger charge is 2.23. The fraction of sp³-hybridized carbons (Fsp3) is 0.979. The van der Waals surface area contributed by atoms with Gasteiger partial charge in [0.15, 0.2) is 0 Å². The zero-order valence-electron chi connectivity index (χ0n) is 36.2. The van der Waals surface area contributed by atoms with E-state index in [2.05, 4.69) is 19.2 Å². The first kappa shape index (κ1) is 52.3. The van der Waals surface area contributed by atoms with Crippen molar-refractivity contribution in [2.24, 2.45) is 0 Å². The number of unbranched alkanes of at least 4 members (excludes halogenated alkanes) is 37. The number of aliphatic hydroxyl groups excluding tert-OH is 3. The van der Waals surface area contributed by atoms with E-state index in [1.807, 2.05) is 0 Å². The first-order chi connectivity index (χ1) is 26.1. The van der Waals surface area contributed by atoms with E-state index in [1.54, 1.807) is 0 Å². The minimum Gasteiger partial charge on any atom is -0.394 e. The summed E-state index contributed by atoms with van der Waals surface area (Å²) >= 11 is 0. The lowest BCUT2D eigenvalue weighted by Gasteiger charge is -2.23. The minimum absolute atomic E-state index is 0.307. The third-order valence-corrected chi connectivity index (χ3v) is 11.7. The molecule has 0 bridgehead atoms. The molecule has 0 aliphatic heterocycles. The molecule has 4 N–H and O–H groups in total. The van der Waals surface area contributed by atoms with Crippen molar-refractivity contribution in [3.05, 3.63) is 0 Å². The van der Waals surface area contributed by atoms with Crippen LogP contribution >= 0.6 is 0 Å². The van der Waals surface area contributed by atoms with Gasteiger partial charge in [-0.3, -0.25) is 4.79 Å². The van der Waals surface area contributed by atoms with Gasteiger partial charge in [-0.1, -0.05) is 264 Å². The van der Waals surface area contributed by atoms with E-state index in [0.717, 1.165) is 32.1 Å². The Bertz CT molecular complexity index is 703. The number of nitrogens with one attached hydrogen (secondary N) is 1. The molecule has 0 rings (SSSR count). The predicted octanol–water partition coefficient (Wildman–Crippen LogP) is 14.2. The van der Waals surface area contributed by atoms with Crippen molar-refractivity contribution in [1.29, 1.82) is 0 Å². The summed E-state index contributed by atoms with van der Waals surface area (Å²) < 4.78 is 0. The van der Waals surface area contributed by atoms with Crippen LogP contribution < -0.4 is 5.32 Å². The molecule has 0 spiro atoms. The maximum Gasteiger partial charge on any atom is 0.249 e. The largest absolute Gasteiger partial charge is 0.394 e. The van der Waals surface area contributed by atoms with Crippen LogP contribution in [0.1, 0.15) is 277 Å². The number of aliphatic hydroxyl groups is 3. The van der Waals surface area contributed by atoms with Crippen molar-refractivity contribution in [2.75, 3.05) is 6.61 Å². The Labute approximate surface area is 332 Å². The molecule has 3 atom stereocenters. The molecule has 0 heterocycles. The summed E-state index contributed by atoms with van der Waals surface area (Å²) in [5.41, 5.74) is 0. The lowest BCUT2D eigenvalue weighted by atomic mass is 10.0. The fourth-order valence-corrected chi connectivity index (χ4v) is 7.90. The Balaban J connectivity index is 3.54. The van der Waals surface area contributed by atoms with Gasteiger partial charge >= 0.3 is 0 Å². The van der Waals surface area contributed by atoms with Gasteiger partial charge in [0.25, 0.3) is 0 Å². The second kappa shape index (κ2) is 44.1. The number of hydrogen-bond donors (Lipinski definition) is 4. The van der Waals surface area contributed by atoms with Crippen molar-refractivity contribution in [3.8, 4) is 0 Å². The molecule has 5 nitrogen and oxygen atoms in total. The highest BCUT2D eigenvalue weighted by atomic mass is 16.3. The molecule has 0 fully saturated rings. The summed E-state index contributed by atoms with van der Waals surface area (Å²) in [6.07, 6.45) is 51.2. The van der Waals surface area contributed by atoms with Gasteiger partial charge in [0.05, 0.1) is 18.8 Å². The normalized spacial score (nSPS) is 13.4. The average Bonchev–Trinajstić information content (AvgIpc) is 3.16. The smallest absolute Gasteiger partial charge is 0.249 e. The van der Waals surface area contributed by atoms with Crippen molar-refractivity contribution in [3.63, 3.8) is 0 Å². The van der Waals surface area contributed by atoms with Crippen LogP contribution in [0.25, 0.3) is 0 Å². The molecule has 0 aromatic heterocycles. The van der Waals surface area contributed by atoms with Gasteiger partial charge in [0.1, 0.15) is 6.10 Å². The molecule has 5 heteroatoms. The maximum absolute atomic E-state index is 12.5. The van der Waals surface area contributed by atoms with Crippen LogP contribution in [0.5, 0.6) is 0 Å². The lowest BCUT2D eigenvalue weighted by Crippen LogP contribution is -2.49. The summed E-state index contributed by atoms with van der Waals surface area (Å²) in [4.78, 5) is 12.5. The van der Waals surface area contributed by atoms with Gasteiger partial charge in [0.2, 0.25) is 5.91 Å². The van der Waals surface area contributed by atoms with Gasteiger partial charge in [0, 0.05) is 0 Å². The Hall–Kier alpha value is -0.650. The standard InChI is InChI=1S/C48H97NO4/c1-3-5-7-9-11-13-15-17-19-21-22-23-24-25-27-28-30-32-34-36-38-40-42-46(51)45(44-50)49-48(53)47(52)43-41-39-37-35-33-31-29-26-20-18-16-14-12-10-8-6-4-2/h45-47,50-52H,3-44H2,1-2H3,(H,49,53). The van der Waals surface area contributed by atoms with Crippen LogP contribution in [0.2, 0.25) is 0 Å². The molecule has 0 aliphatic carbocycles. The van der Waals surface area contributed by atoms with Crippen molar-refractivity contribution in [2.45, 2.75) is 295 Å². The third-order valence-electron chi connectivity index (χ3n) is 11.7. The summed E-state index contributed by atoms with van der Waals surface area (Å²) in [6.45, 7) is 4.26. The predicted molar refractivity (Wildman–Crippen MR) is 232 cm³/mol. The fourth-order valence-electron chi connectivity index (χ4n) is 7.90. The van der Waals surface area contributed by atoms with Gasteiger partial charge in [-0.25, -0.2) is 0 Å². The summed E-state index contributed by atoms with van der Waals surface area (Å²) in [5.74, 6) is -0.464. The van der Waals surface area contributed by atoms with E-state index in [4.69, 9.17) is 0 Å². The number of hydrogen-bond acceptors (Lipinski definition) is 4. The van der Waals surface area contributed by atoms with Crippen molar-refractivity contribution in [1.82, 2.24) is 5.32 Å². The molecular formula is C48H97NO4. The Morgan fingerprint density at radius 3 is 0.849 bits per heavy atom. The molecule has 0 aliphatic rings. The first-order valence-electron chi connectivity index (χ1n) is 24.3. The van der Waals surface area contributed by atoms with E-state index in [9.17, 15) is 20.1 Å². The Kier molecular flexibility index (Phi) is 43.5. The quantitative estimate of drug-likeness (QED) is 0.0466. The second-order valence-electron chi connectivity index (χ2n) is 17.0. The Morgan fingerprint density at radius 2 is 0.604 bits per heavy atom. The van der Waals surface area contributed by atoms with Crippen molar-refractivity contribution < 1.29 is 20.1 Å². The number of amides is 1. The molecule has 0 aromatic carbocycles. The van der Waals surface area contributed by atoms with Crippen molar-refractivity contribution >= 4 is 5.91 Å². The number of rotatable bonds is 45. The van der Waals surface area contributed by atoms with Crippen LogP contribution in [-0.4, -0.2) is 46.1 Å². The summed E-state index contributed by atoms with van der Waals surface area (Å²) in [5, 5.41) is 33.4. The summed E-state index contributed by atoms with van der Waals surface area (Å²) in [7, 11) is 0. The average molecular weight is 752 g/mol. The molecule has 0 saturated heterocycles. The number of carbonyl (C=O) groups is 1. The highest BCUT2D eigenvalue weighted by Crippen LogP contribution is 2.18. The van der Waals surface area contributed by atoms with E-state index >= 15 is 0 Å². The molecular weight excluding hydrogens is 655 g/mol. The zero-order valence-corrected chi connectivity index (χ0v) is 36.2. The second-order valence-corrected chi connectivity index (χ2v) is 17.0. The monoisotopic (exact) mass is 752 g/mol. The van der Waals surface area contributed by atoms with Crippen LogP contribution in [-0.2, 0) is 4.79 Å². The van der Waals surface area contributed by atoms with E-state index < -0.39 is 24.2 Å². The van der Waals surface area contributed by atoms with E-state index in [0.29, 0.717) is 12.8 Å². The van der Waals surface area contributed by atoms with Gasteiger partial charge in [-0.2, -0.15) is 0 Å². The molecule has 1 amide bonds. The van der Waals surface area contributed by atoms with E-state index in [1.165, 1.54) is 218 Å². The Morgan fingerprint density at radius 1 is 0.377 bits per heavy atom. The topological polar surface area (TPSA) is 89.8 Å². The molecule has 3 unspecified atom stereocenters. The molecule has 0 aromatic rings. The number of carbonyl (C=O) groups excluding carboxylic acids is 1. The van der Waals surface area contributed by atoms with Gasteiger partial charge in [-0.15, -0.1) is 0 Å². The first-order valence-corrected chi connectivity index (χ1v) is 24.3. The lowest BCUT2D eigenvalue weighted by molar-refractivity contribution is -0.131. The van der Waals surface area contributed by atoms with Gasteiger partial charge < -0.3 is 20.6 Å². The molecule has 318 valence electrons. The molecule has 0 saturated carbocycles. The molecule has 0 radical (unpaired) electrons. The van der Waals surface area contributed by atoms with E-state index in [-0.39, 0.29) is 6.61 Å². The third kappa shape index (κ3) is 39.4. The zero-order chi connectivity index (χ0) is 38.7. The highest BCUT2D eigenvalue weighted by molar-refractivity contribution is 5.80. The maximum atomic E-state index is 12.5.